The maximum atomic E-state index is 14.6. The van der Waals surface area contributed by atoms with Crippen LogP contribution in [-0.2, 0) is 16.6 Å². The standard InChI is InChI=1S/C28H29ClF2N6O4.CH2O2/c1-35-21(19-5-6-22(41-2)24(31)23(19)30)14-33-25(35)26(38)34-17-3-4-18(20(29)13-17)28(40)37-9-7-36(8-10-37)27(39)15-11-16(32)12-15;2-1-3/h3-6,13-16H,7-12,32H2,1-2H3,(H,34,38);1H,(H,2,3). The van der Waals surface area contributed by atoms with E-state index in [1.807, 2.05) is 0 Å². The van der Waals surface area contributed by atoms with Crippen LogP contribution >= 0.6 is 11.6 Å². The first-order valence-corrected chi connectivity index (χ1v) is 13.9. The van der Waals surface area contributed by atoms with Gasteiger partial charge in [0.15, 0.2) is 17.4 Å². The van der Waals surface area contributed by atoms with Crippen LogP contribution in [0, 0.1) is 17.6 Å². The van der Waals surface area contributed by atoms with Gasteiger partial charge in [0.1, 0.15) is 0 Å². The van der Waals surface area contributed by atoms with E-state index in [4.69, 9.17) is 32.0 Å². The molecule has 3 aromatic rings. The van der Waals surface area contributed by atoms with Gasteiger partial charge < -0.3 is 35.3 Å². The Bertz CT molecular complexity index is 1570. The number of ether oxygens (including phenoxy) is 1. The fourth-order valence-corrected chi connectivity index (χ4v) is 5.39. The number of halogens is 3. The molecule has 234 valence electrons. The van der Waals surface area contributed by atoms with Gasteiger partial charge in [0, 0.05) is 56.4 Å². The van der Waals surface area contributed by atoms with Crippen molar-refractivity contribution in [1.29, 1.82) is 0 Å². The summed E-state index contributed by atoms with van der Waals surface area (Å²) in [7, 11) is 2.73. The molecule has 1 saturated carbocycles. The molecule has 2 aromatic carbocycles. The second kappa shape index (κ2) is 13.8. The van der Waals surface area contributed by atoms with Crippen molar-refractivity contribution >= 4 is 41.5 Å². The molecule has 3 amide bonds. The molecule has 0 bridgehead atoms. The van der Waals surface area contributed by atoms with E-state index in [1.165, 1.54) is 49.2 Å². The smallest absolute Gasteiger partial charge is 0.291 e. The van der Waals surface area contributed by atoms with Gasteiger partial charge in [-0.25, -0.2) is 9.37 Å². The van der Waals surface area contributed by atoms with E-state index in [9.17, 15) is 23.2 Å². The minimum Gasteiger partial charge on any atom is -0.494 e. The molecule has 0 unspecified atom stereocenters. The molecule has 2 heterocycles. The van der Waals surface area contributed by atoms with Crippen molar-refractivity contribution < 1.29 is 37.8 Å². The first-order chi connectivity index (χ1) is 21.0. The van der Waals surface area contributed by atoms with Crippen LogP contribution in [-0.4, -0.2) is 88.0 Å². The van der Waals surface area contributed by atoms with Gasteiger partial charge in [-0.05, 0) is 43.2 Å². The minimum atomic E-state index is -1.14. The SMILES string of the molecule is COc1ccc(-c2cnc(C(=O)Nc3ccc(C(=O)N4CCN(C(=O)C5CC(N)C5)CC4)c(Cl)c3)n2C)c(F)c1F.O=CO. The predicted octanol–water partition coefficient (Wildman–Crippen LogP) is 3.00. The van der Waals surface area contributed by atoms with Crippen LogP contribution in [0.3, 0.4) is 0 Å². The van der Waals surface area contributed by atoms with Crippen LogP contribution in [0.15, 0.2) is 36.5 Å². The number of hydrogen-bond acceptors (Lipinski definition) is 7. The Morgan fingerprint density at radius 1 is 1.09 bits per heavy atom. The number of carbonyl (C=O) groups excluding carboxylic acids is 3. The van der Waals surface area contributed by atoms with E-state index in [0.717, 1.165) is 0 Å². The third kappa shape index (κ3) is 6.65. The number of nitrogens with two attached hydrogens (primary N) is 1. The summed E-state index contributed by atoms with van der Waals surface area (Å²) in [6, 6.07) is 7.24. The number of methoxy groups -OCH3 is 1. The van der Waals surface area contributed by atoms with Crippen molar-refractivity contribution in [3.05, 3.63) is 64.6 Å². The van der Waals surface area contributed by atoms with Gasteiger partial charge in [0.05, 0.1) is 29.6 Å². The Kier molecular flexibility index (Phi) is 10.2. The Morgan fingerprint density at radius 2 is 1.73 bits per heavy atom. The number of piperazine rings is 1. The van der Waals surface area contributed by atoms with Gasteiger partial charge in [-0.3, -0.25) is 19.2 Å². The number of imidazole rings is 1. The topological polar surface area (TPSA) is 160 Å². The number of nitrogens with one attached hydrogen (secondary N) is 1. The number of anilines is 1. The number of hydrogen-bond donors (Lipinski definition) is 3. The summed E-state index contributed by atoms with van der Waals surface area (Å²) in [6.45, 7) is 1.41. The maximum absolute atomic E-state index is 14.6. The summed E-state index contributed by atoms with van der Waals surface area (Å²) < 4.78 is 35.0. The molecule has 0 spiro atoms. The molecule has 5 rings (SSSR count). The highest BCUT2D eigenvalue weighted by Crippen LogP contribution is 2.31. The third-order valence-electron chi connectivity index (χ3n) is 7.59. The van der Waals surface area contributed by atoms with Crippen LogP contribution in [0.5, 0.6) is 5.75 Å². The fraction of sp³-hybridized carbons (Fsp3) is 0.345. The fourth-order valence-electron chi connectivity index (χ4n) is 5.13. The third-order valence-corrected chi connectivity index (χ3v) is 7.91. The zero-order valence-electron chi connectivity index (χ0n) is 23.9. The summed E-state index contributed by atoms with van der Waals surface area (Å²) in [5, 5.41) is 9.70. The van der Waals surface area contributed by atoms with Gasteiger partial charge in [0.2, 0.25) is 11.7 Å². The molecule has 2 fully saturated rings. The Balaban J connectivity index is 0.00000141. The molecule has 4 N–H and O–H groups in total. The molecule has 1 aliphatic carbocycles. The van der Waals surface area contributed by atoms with E-state index in [0.29, 0.717) is 44.7 Å². The summed E-state index contributed by atoms with van der Waals surface area (Å²) in [5.41, 5.74) is 6.49. The lowest BCUT2D eigenvalue weighted by molar-refractivity contribution is -0.140. The van der Waals surface area contributed by atoms with Gasteiger partial charge >= 0.3 is 0 Å². The molecule has 1 aliphatic heterocycles. The Hall–Kier alpha value is -4.56. The average Bonchev–Trinajstić information content (AvgIpc) is 3.37. The zero-order chi connectivity index (χ0) is 32.1. The molecular formula is C29H31ClF2N6O6. The normalized spacial score (nSPS) is 17.6. The molecular weight excluding hydrogens is 602 g/mol. The quantitative estimate of drug-likeness (QED) is 0.350. The van der Waals surface area contributed by atoms with Crippen LogP contribution in [0.2, 0.25) is 5.02 Å². The van der Waals surface area contributed by atoms with E-state index in [1.54, 1.807) is 15.9 Å². The number of carboxylic acid groups (broad SMARTS) is 1. The van der Waals surface area contributed by atoms with E-state index >= 15 is 0 Å². The van der Waals surface area contributed by atoms with E-state index in [2.05, 4.69) is 10.3 Å². The maximum Gasteiger partial charge on any atom is 0.291 e. The van der Waals surface area contributed by atoms with Gasteiger partial charge in [-0.1, -0.05) is 11.6 Å². The molecule has 12 nitrogen and oxygen atoms in total. The van der Waals surface area contributed by atoms with Gasteiger partial charge in [-0.2, -0.15) is 4.39 Å². The van der Waals surface area contributed by atoms with Crippen molar-refractivity contribution in [3.8, 4) is 17.0 Å². The van der Waals surface area contributed by atoms with Crippen LogP contribution in [0.25, 0.3) is 11.3 Å². The number of aromatic nitrogens is 2. The summed E-state index contributed by atoms with van der Waals surface area (Å²) in [6.07, 6.45) is 2.68. The van der Waals surface area contributed by atoms with Crippen molar-refractivity contribution in [2.24, 2.45) is 18.7 Å². The molecule has 1 saturated heterocycles. The molecule has 0 atom stereocenters. The number of benzene rings is 2. The average molecular weight is 633 g/mol. The molecule has 15 heteroatoms. The number of rotatable bonds is 6. The molecule has 1 aromatic heterocycles. The summed E-state index contributed by atoms with van der Waals surface area (Å²) >= 11 is 6.42. The number of carbonyl (C=O) groups is 4. The predicted molar refractivity (Wildman–Crippen MR) is 156 cm³/mol. The van der Waals surface area contributed by atoms with Crippen molar-refractivity contribution in [2.45, 2.75) is 18.9 Å². The largest absolute Gasteiger partial charge is 0.494 e. The number of amides is 3. The van der Waals surface area contributed by atoms with Gasteiger partial charge in [-0.15, -0.1) is 0 Å². The highest BCUT2D eigenvalue weighted by atomic mass is 35.5. The lowest BCUT2D eigenvalue weighted by Crippen LogP contribution is -2.54. The summed E-state index contributed by atoms with van der Waals surface area (Å²) in [4.78, 5) is 54.5. The second-order valence-electron chi connectivity index (χ2n) is 10.3. The lowest BCUT2D eigenvalue weighted by Gasteiger charge is -2.40. The minimum absolute atomic E-state index is 0.0200. The second-order valence-corrected chi connectivity index (χ2v) is 10.7. The highest BCUT2D eigenvalue weighted by molar-refractivity contribution is 6.34. The molecule has 44 heavy (non-hydrogen) atoms. The van der Waals surface area contributed by atoms with Crippen molar-refractivity contribution in [3.63, 3.8) is 0 Å². The van der Waals surface area contributed by atoms with E-state index < -0.39 is 17.5 Å². The molecule has 2 aliphatic rings. The Morgan fingerprint density at radius 3 is 2.32 bits per heavy atom. The highest BCUT2D eigenvalue weighted by Gasteiger charge is 2.36. The van der Waals surface area contributed by atoms with Crippen LogP contribution < -0.4 is 15.8 Å². The molecule has 0 radical (unpaired) electrons. The van der Waals surface area contributed by atoms with Crippen molar-refractivity contribution in [2.75, 3.05) is 38.6 Å². The first kappa shape index (κ1) is 32.4. The van der Waals surface area contributed by atoms with E-state index in [-0.39, 0.29) is 63.7 Å². The van der Waals surface area contributed by atoms with Crippen molar-refractivity contribution in [1.82, 2.24) is 19.4 Å². The Labute approximate surface area is 256 Å². The zero-order valence-corrected chi connectivity index (χ0v) is 24.7. The van der Waals surface area contributed by atoms with Gasteiger partial charge in [0.25, 0.3) is 18.3 Å². The first-order valence-electron chi connectivity index (χ1n) is 13.6. The van der Waals surface area contributed by atoms with Crippen LogP contribution in [0.1, 0.15) is 33.8 Å². The lowest BCUT2D eigenvalue weighted by atomic mass is 9.80. The summed E-state index contributed by atoms with van der Waals surface area (Å²) in [5.74, 6) is -3.37. The van der Waals surface area contributed by atoms with Crippen LogP contribution in [0.4, 0.5) is 14.5 Å². The monoisotopic (exact) mass is 632 g/mol. The number of nitrogens with zero attached hydrogens (tertiary/aromatic N) is 4.